The van der Waals surface area contributed by atoms with Gasteiger partial charge in [0.05, 0.1) is 13.2 Å². The number of hydrogen-bond donors (Lipinski definition) is 5. The Balaban J connectivity index is 1.35. The third kappa shape index (κ3) is 6.27. The molecule has 1 saturated heterocycles. The third-order valence-corrected chi connectivity index (χ3v) is 6.72. The number of aliphatic hydroxyl groups is 1. The molecule has 7 heterocycles. The quantitative estimate of drug-likeness (QED) is 0.397. The maximum atomic E-state index is 12.5. The molecule has 5 N–H and O–H groups in total. The van der Waals surface area contributed by atoms with Gasteiger partial charge in [-0.1, -0.05) is 12.1 Å². The van der Waals surface area contributed by atoms with Crippen molar-refractivity contribution < 1.29 is 9.90 Å². The Morgan fingerprint density at radius 3 is 2.92 bits per heavy atom. The topological polar surface area (TPSA) is 117 Å². The fourth-order valence-electron chi connectivity index (χ4n) is 4.78. The molecule has 0 saturated carbocycles. The summed E-state index contributed by atoms with van der Waals surface area (Å²) < 4.78 is 0. The predicted octanol–water partition coefficient (Wildman–Crippen LogP) is 0.712. The van der Waals surface area contributed by atoms with Crippen LogP contribution in [-0.2, 0) is 11.3 Å². The molecule has 1 amide bonds. The first kappa shape index (κ1) is 24.4. The number of carbonyl (C=O) groups excluding carboxylic acids is 1. The number of nitrogens with zero attached hydrogens (tertiary/aromatic N) is 4. The average Bonchev–Trinajstić information content (AvgIpc) is 2.89. The largest absolute Gasteiger partial charge is 0.395 e. The zero-order chi connectivity index (χ0) is 24.7. The summed E-state index contributed by atoms with van der Waals surface area (Å²) in [7, 11) is 0. The normalized spacial score (nSPS) is 26.9. The Morgan fingerprint density at radius 2 is 2.06 bits per heavy atom. The summed E-state index contributed by atoms with van der Waals surface area (Å²) >= 11 is 0. The predicted molar refractivity (Wildman–Crippen MR) is 141 cm³/mol. The van der Waals surface area contributed by atoms with Gasteiger partial charge in [-0.15, -0.1) is 0 Å². The molecule has 8 bridgehead atoms. The number of carbonyl (C=O) groups is 1. The highest BCUT2D eigenvalue weighted by atomic mass is 16.3. The molecule has 190 valence electrons. The number of piperazine rings is 1. The van der Waals surface area contributed by atoms with E-state index in [1.54, 1.807) is 6.20 Å². The van der Waals surface area contributed by atoms with Crippen molar-refractivity contribution in [3.05, 3.63) is 59.9 Å². The van der Waals surface area contributed by atoms with Crippen molar-refractivity contribution in [1.82, 2.24) is 30.7 Å². The monoisotopic (exact) mass is 490 g/mol. The van der Waals surface area contributed by atoms with Crippen molar-refractivity contribution in [2.24, 2.45) is 4.99 Å². The van der Waals surface area contributed by atoms with Crippen LogP contribution in [0.1, 0.15) is 17.5 Å². The number of amides is 1. The Kier molecular flexibility index (Phi) is 7.87. The number of aromatic nitrogens is 1. The molecule has 2 aromatic rings. The fourth-order valence-corrected chi connectivity index (χ4v) is 4.78. The van der Waals surface area contributed by atoms with Crippen LogP contribution in [-0.4, -0.2) is 90.2 Å². The van der Waals surface area contributed by atoms with Crippen LogP contribution < -0.4 is 21.3 Å². The number of pyridine rings is 1. The van der Waals surface area contributed by atoms with E-state index >= 15 is 0 Å². The lowest BCUT2D eigenvalue weighted by atomic mass is 10.1. The lowest BCUT2D eigenvalue weighted by Crippen LogP contribution is -2.55. The van der Waals surface area contributed by atoms with E-state index in [9.17, 15) is 9.90 Å². The first-order valence-electron chi connectivity index (χ1n) is 12.6. The number of anilines is 2. The van der Waals surface area contributed by atoms with Gasteiger partial charge in [-0.05, 0) is 41.8 Å². The van der Waals surface area contributed by atoms with Gasteiger partial charge >= 0.3 is 0 Å². The molecule has 6 aliphatic heterocycles. The zero-order valence-corrected chi connectivity index (χ0v) is 20.4. The zero-order valence-electron chi connectivity index (χ0n) is 20.4. The van der Waals surface area contributed by atoms with Gasteiger partial charge in [-0.2, -0.15) is 0 Å². The van der Waals surface area contributed by atoms with Crippen LogP contribution in [0.5, 0.6) is 0 Å². The number of rotatable bonds is 1. The Labute approximate surface area is 211 Å². The molecule has 10 nitrogen and oxygen atoms in total. The van der Waals surface area contributed by atoms with E-state index in [-0.39, 0.29) is 24.8 Å². The molecule has 10 heteroatoms. The van der Waals surface area contributed by atoms with Crippen LogP contribution in [0, 0.1) is 0 Å². The lowest BCUT2D eigenvalue weighted by Gasteiger charge is -2.40. The van der Waals surface area contributed by atoms with E-state index in [2.05, 4.69) is 53.2 Å². The van der Waals surface area contributed by atoms with E-state index < -0.39 is 0 Å². The van der Waals surface area contributed by atoms with Crippen molar-refractivity contribution >= 4 is 29.2 Å². The van der Waals surface area contributed by atoms with Gasteiger partial charge in [0.1, 0.15) is 5.82 Å². The molecule has 6 aliphatic rings. The molecule has 1 aromatic heterocycles. The number of nitrogens with one attached hydrogen (secondary N) is 4. The molecule has 4 unspecified atom stereocenters. The van der Waals surface area contributed by atoms with Crippen molar-refractivity contribution in [1.29, 1.82) is 0 Å². The molecule has 8 rings (SSSR count). The minimum Gasteiger partial charge on any atom is -0.395 e. The standard InChI is InChI=1S/C26H34N8O2/c35-18-23-16-33-9-10-34(23)15-19-3-1-4-22(11-19)32-24-12-20(5-8-27-24)21-13-30-26(31-14-21)29-7-2-6-28-25(36)17-33/h1,3-5,8,11-14,23,26,29-30,35H,2,6-7,9-10,15-18H2,(H,27,32)(H,28,36). The molecule has 0 spiro atoms. The van der Waals surface area contributed by atoms with Crippen molar-refractivity contribution in [3.8, 4) is 0 Å². The van der Waals surface area contributed by atoms with Gasteiger partial charge in [0, 0.05) is 75.2 Å². The fraction of sp³-hybridized carbons (Fsp3) is 0.423. The highest BCUT2D eigenvalue weighted by Crippen LogP contribution is 2.22. The number of benzene rings is 1. The molecular weight excluding hydrogens is 456 g/mol. The number of allylic oxidation sites excluding steroid dienone is 1. The van der Waals surface area contributed by atoms with Crippen LogP contribution in [0.15, 0.2) is 53.8 Å². The second-order valence-electron chi connectivity index (χ2n) is 9.40. The van der Waals surface area contributed by atoms with Gasteiger partial charge in [-0.3, -0.25) is 24.9 Å². The number of hydrogen-bond acceptors (Lipinski definition) is 9. The van der Waals surface area contributed by atoms with E-state index in [1.165, 1.54) is 0 Å². The molecule has 4 atom stereocenters. The Morgan fingerprint density at radius 1 is 1.11 bits per heavy atom. The van der Waals surface area contributed by atoms with Crippen LogP contribution >= 0.6 is 0 Å². The van der Waals surface area contributed by atoms with Gasteiger partial charge in [0.25, 0.3) is 0 Å². The van der Waals surface area contributed by atoms with Crippen LogP contribution in [0.25, 0.3) is 5.57 Å². The Bertz CT molecular complexity index is 1120. The molecule has 0 aliphatic carbocycles. The van der Waals surface area contributed by atoms with E-state index in [4.69, 9.17) is 0 Å². The second-order valence-corrected chi connectivity index (χ2v) is 9.40. The van der Waals surface area contributed by atoms with Gasteiger partial charge in [-0.25, -0.2) is 4.98 Å². The van der Waals surface area contributed by atoms with E-state index in [0.29, 0.717) is 19.6 Å². The van der Waals surface area contributed by atoms with Gasteiger partial charge in [0.15, 0.2) is 6.29 Å². The summed E-state index contributed by atoms with van der Waals surface area (Å²) in [5.74, 6) is 0.783. The number of aliphatic hydroxyl groups excluding tert-OH is 1. The molecule has 0 radical (unpaired) electrons. The summed E-state index contributed by atoms with van der Waals surface area (Å²) in [6.07, 6.45) is 6.22. The summed E-state index contributed by atoms with van der Waals surface area (Å²) in [5, 5.41) is 23.1. The Hall–Kier alpha value is -3.31. The minimum absolute atomic E-state index is 0.0106. The van der Waals surface area contributed by atoms with Crippen LogP contribution in [0.3, 0.4) is 0 Å². The average molecular weight is 491 g/mol. The molecule has 1 aromatic carbocycles. The molecular formula is C26H34N8O2. The first-order valence-corrected chi connectivity index (χ1v) is 12.6. The molecule has 1 fully saturated rings. The van der Waals surface area contributed by atoms with E-state index in [0.717, 1.165) is 60.8 Å². The second kappa shape index (κ2) is 11.6. The van der Waals surface area contributed by atoms with Crippen molar-refractivity contribution in [3.63, 3.8) is 0 Å². The summed E-state index contributed by atoms with van der Waals surface area (Å²) in [6.45, 7) is 4.74. The number of aliphatic imine (C=N–C) groups is 1. The highest BCUT2D eigenvalue weighted by Gasteiger charge is 2.27. The summed E-state index contributed by atoms with van der Waals surface area (Å²) in [6, 6.07) is 12.3. The van der Waals surface area contributed by atoms with Crippen LogP contribution in [0.2, 0.25) is 0 Å². The van der Waals surface area contributed by atoms with E-state index in [1.807, 2.05) is 36.7 Å². The minimum atomic E-state index is -0.194. The molecule has 36 heavy (non-hydrogen) atoms. The van der Waals surface area contributed by atoms with Crippen LogP contribution in [0.4, 0.5) is 11.5 Å². The lowest BCUT2D eigenvalue weighted by molar-refractivity contribution is -0.123. The third-order valence-electron chi connectivity index (χ3n) is 6.72. The van der Waals surface area contributed by atoms with Crippen molar-refractivity contribution in [2.75, 3.05) is 51.2 Å². The smallest absolute Gasteiger partial charge is 0.234 e. The SMILES string of the molecule is O=C1CN2CCN(Cc3cccc(c3)Nc3cc(ccn3)C3=CNC(N=C3)NCCCN1)C(CO)C2. The van der Waals surface area contributed by atoms with Gasteiger partial charge in [0.2, 0.25) is 5.91 Å². The first-order chi connectivity index (χ1) is 17.7. The maximum Gasteiger partial charge on any atom is 0.234 e. The summed E-state index contributed by atoms with van der Waals surface area (Å²) in [5.41, 5.74) is 4.11. The summed E-state index contributed by atoms with van der Waals surface area (Å²) in [4.78, 5) is 25.9. The maximum absolute atomic E-state index is 12.5. The van der Waals surface area contributed by atoms with Crippen molar-refractivity contribution in [2.45, 2.75) is 25.3 Å². The van der Waals surface area contributed by atoms with Gasteiger partial charge < -0.3 is 21.1 Å². The highest BCUT2D eigenvalue weighted by molar-refractivity contribution is 6.10.